The van der Waals surface area contributed by atoms with Gasteiger partial charge in [-0.1, -0.05) is 51.1 Å². The van der Waals surface area contributed by atoms with Gasteiger partial charge < -0.3 is 9.80 Å². The predicted molar refractivity (Wildman–Crippen MR) is 109 cm³/mol. The van der Waals surface area contributed by atoms with Crippen molar-refractivity contribution in [1.29, 1.82) is 0 Å². The monoisotopic (exact) mass is 350 g/mol. The van der Waals surface area contributed by atoms with Crippen molar-refractivity contribution in [2.45, 2.75) is 52.1 Å². The minimum absolute atomic E-state index is 0.133. The summed E-state index contributed by atoms with van der Waals surface area (Å²) in [5.41, 5.74) is 3.53. The average molecular weight is 351 g/mol. The Morgan fingerprint density at radius 1 is 0.885 bits per heavy atom. The second-order valence-corrected chi connectivity index (χ2v) is 8.48. The summed E-state index contributed by atoms with van der Waals surface area (Å²) in [5.74, 6) is 0.133. The third kappa shape index (κ3) is 3.77. The zero-order valence-corrected chi connectivity index (χ0v) is 16.6. The SMILES string of the molecule is CC1CN(c2ccc(C(C)(C)C)cc2)CC(C)N1C(=O)c1ccccc1. The van der Waals surface area contributed by atoms with Crippen LogP contribution in [0.5, 0.6) is 0 Å². The number of piperazine rings is 1. The Hall–Kier alpha value is -2.29. The summed E-state index contributed by atoms with van der Waals surface area (Å²) in [6, 6.07) is 18.8. The molecule has 3 heteroatoms. The number of benzene rings is 2. The lowest BCUT2D eigenvalue weighted by Gasteiger charge is -2.45. The molecule has 138 valence electrons. The van der Waals surface area contributed by atoms with Crippen molar-refractivity contribution in [3.63, 3.8) is 0 Å². The predicted octanol–water partition coefficient (Wildman–Crippen LogP) is 4.72. The third-order valence-electron chi connectivity index (χ3n) is 5.27. The molecule has 1 aliphatic rings. The molecule has 26 heavy (non-hydrogen) atoms. The van der Waals surface area contributed by atoms with E-state index in [1.807, 2.05) is 35.2 Å². The highest BCUT2D eigenvalue weighted by molar-refractivity contribution is 5.94. The first kappa shape index (κ1) is 18.5. The van der Waals surface area contributed by atoms with Crippen molar-refractivity contribution in [1.82, 2.24) is 4.90 Å². The largest absolute Gasteiger partial charge is 0.367 e. The molecule has 2 aromatic carbocycles. The molecule has 2 unspecified atom stereocenters. The Kier molecular flexibility index (Phi) is 5.08. The highest BCUT2D eigenvalue weighted by Gasteiger charge is 2.33. The smallest absolute Gasteiger partial charge is 0.254 e. The molecule has 0 aromatic heterocycles. The fourth-order valence-electron chi connectivity index (χ4n) is 3.84. The molecule has 0 radical (unpaired) electrons. The van der Waals surface area contributed by atoms with Gasteiger partial charge in [0.25, 0.3) is 5.91 Å². The summed E-state index contributed by atoms with van der Waals surface area (Å²) in [5, 5.41) is 0. The minimum Gasteiger partial charge on any atom is -0.367 e. The van der Waals surface area contributed by atoms with Crippen molar-refractivity contribution in [2.75, 3.05) is 18.0 Å². The van der Waals surface area contributed by atoms with Crippen molar-refractivity contribution in [2.24, 2.45) is 0 Å². The molecule has 3 nitrogen and oxygen atoms in total. The molecule has 1 saturated heterocycles. The molecule has 0 aliphatic carbocycles. The molecule has 0 bridgehead atoms. The van der Waals surface area contributed by atoms with E-state index in [0.29, 0.717) is 0 Å². The number of hydrogen-bond donors (Lipinski definition) is 0. The van der Waals surface area contributed by atoms with E-state index in [4.69, 9.17) is 0 Å². The normalized spacial score (nSPS) is 21.0. The van der Waals surface area contributed by atoms with Crippen molar-refractivity contribution < 1.29 is 4.79 Å². The summed E-state index contributed by atoms with van der Waals surface area (Å²) in [4.78, 5) is 17.4. The van der Waals surface area contributed by atoms with Crippen LogP contribution in [0.15, 0.2) is 54.6 Å². The quantitative estimate of drug-likeness (QED) is 0.782. The lowest BCUT2D eigenvalue weighted by atomic mass is 9.87. The Bertz CT molecular complexity index is 734. The van der Waals surface area contributed by atoms with Crippen LogP contribution in [0.25, 0.3) is 0 Å². The maximum Gasteiger partial charge on any atom is 0.254 e. The van der Waals surface area contributed by atoms with Crippen LogP contribution in [-0.4, -0.2) is 36.0 Å². The molecule has 0 N–H and O–H groups in total. The van der Waals surface area contributed by atoms with Crippen LogP contribution in [0.1, 0.15) is 50.5 Å². The molecule has 2 aromatic rings. The van der Waals surface area contributed by atoms with Crippen LogP contribution in [0.2, 0.25) is 0 Å². The van der Waals surface area contributed by atoms with Crippen molar-refractivity contribution in [3.8, 4) is 0 Å². The number of carbonyl (C=O) groups is 1. The van der Waals surface area contributed by atoms with Gasteiger partial charge in [0.2, 0.25) is 0 Å². The third-order valence-corrected chi connectivity index (χ3v) is 5.27. The summed E-state index contributed by atoms with van der Waals surface area (Å²) < 4.78 is 0. The van der Waals surface area contributed by atoms with Gasteiger partial charge in [-0.25, -0.2) is 0 Å². The van der Waals surface area contributed by atoms with Crippen LogP contribution in [0, 0.1) is 0 Å². The Morgan fingerprint density at radius 3 is 1.92 bits per heavy atom. The van der Waals surface area contributed by atoms with E-state index < -0.39 is 0 Å². The summed E-state index contributed by atoms with van der Waals surface area (Å²) in [6.45, 7) is 12.7. The maximum atomic E-state index is 12.9. The zero-order valence-electron chi connectivity index (χ0n) is 16.6. The van der Waals surface area contributed by atoms with Crippen LogP contribution in [0.4, 0.5) is 5.69 Å². The van der Waals surface area contributed by atoms with Gasteiger partial charge >= 0.3 is 0 Å². The van der Waals surface area contributed by atoms with E-state index in [1.165, 1.54) is 11.3 Å². The molecule has 1 heterocycles. The fourth-order valence-corrected chi connectivity index (χ4v) is 3.84. The van der Waals surface area contributed by atoms with Gasteiger partial charge in [0.15, 0.2) is 0 Å². The van der Waals surface area contributed by atoms with E-state index in [9.17, 15) is 4.79 Å². The molecule has 0 saturated carbocycles. The van der Waals surface area contributed by atoms with E-state index in [1.54, 1.807) is 0 Å². The van der Waals surface area contributed by atoms with Gasteiger partial charge in [0.1, 0.15) is 0 Å². The van der Waals surface area contributed by atoms with Gasteiger partial charge in [-0.2, -0.15) is 0 Å². The Labute approximate surface area is 157 Å². The zero-order chi connectivity index (χ0) is 18.9. The molecule has 2 atom stereocenters. The molecular weight excluding hydrogens is 320 g/mol. The van der Waals surface area contributed by atoms with Gasteiger partial charge in [-0.3, -0.25) is 4.79 Å². The Morgan fingerprint density at radius 2 is 1.42 bits per heavy atom. The standard InChI is InChI=1S/C23H30N2O/c1-17-15-24(21-13-11-20(12-14-21)23(3,4)5)16-18(2)25(17)22(26)19-9-7-6-8-10-19/h6-14,17-18H,15-16H2,1-5H3. The van der Waals surface area contributed by atoms with E-state index >= 15 is 0 Å². The fraction of sp³-hybridized carbons (Fsp3) is 0.435. The molecular formula is C23H30N2O. The number of carbonyl (C=O) groups excluding carboxylic acids is 1. The number of hydrogen-bond acceptors (Lipinski definition) is 2. The van der Waals surface area contributed by atoms with E-state index in [2.05, 4.69) is 63.8 Å². The van der Waals surface area contributed by atoms with Crippen molar-refractivity contribution in [3.05, 3.63) is 65.7 Å². The second-order valence-electron chi connectivity index (χ2n) is 8.48. The van der Waals surface area contributed by atoms with Crippen LogP contribution in [-0.2, 0) is 5.41 Å². The molecule has 1 amide bonds. The number of nitrogens with zero attached hydrogens (tertiary/aromatic N) is 2. The van der Waals surface area contributed by atoms with E-state index in [-0.39, 0.29) is 23.4 Å². The molecule has 1 aliphatic heterocycles. The van der Waals surface area contributed by atoms with Crippen LogP contribution >= 0.6 is 0 Å². The van der Waals surface area contributed by atoms with Gasteiger partial charge in [0, 0.05) is 36.4 Å². The van der Waals surface area contributed by atoms with Gasteiger partial charge in [0.05, 0.1) is 0 Å². The van der Waals surface area contributed by atoms with Crippen LogP contribution in [0.3, 0.4) is 0 Å². The number of anilines is 1. The summed E-state index contributed by atoms with van der Waals surface area (Å²) >= 11 is 0. The summed E-state index contributed by atoms with van der Waals surface area (Å²) in [7, 11) is 0. The first-order valence-corrected chi connectivity index (χ1v) is 9.50. The van der Waals surface area contributed by atoms with Crippen molar-refractivity contribution >= 4 is 11.6 Å². The second kappa shape index (κ2) is 7.14. The first-order chi connectivity index (χ1) is 12.3. The maximum absolute atomic E-state index is 12.9. The minimum atomic E-state index is 0.133. The summed E-state index contributed by atoms with van der Waals surface area (Å²) in [6.07, 6.45) is 0. The lowest BCUT2D eigenvalue weighted by Crippen LogP contribution is -2.58. The highest BCUT2D eigenvalue weighted by atomic mass is 16.2. The molecule has 1 fully saturated rings. The molecule has 0 spiro atoms. The van der Waals surface area contributed by atoms with Gasteiger partial charge in [-0.05, 0) is 49.1 Å². The lowest BCUT2D eigenvalue weighted by molar-refractivity contribution is 0.0574. The van der Waals surface area contributed by atoms with Crippen LogP contribution < -0.4 is 4.90 Å². The van der Waals surface area contributed by atoms with E-state index in [0.717, 1.165) is 18.7 Å². The first-order valence-electron chi connectivity index (χ1n) is 9.50. The Balaban J connectivity index is 1.75. The van der Waals surface area contributed by atoms with Gasteiger partial charge in [-0.15, -0.1) is 0 Å². The molecule has 3 rings (SSSR count). The number of amides is 1. The topological polar surface area (TPSA) is 23.6 Å². The highest BCUT2D eigenvalue weighted by Crippen LogP contribution is 2.28. The average Bonchev–Trinajstić information content (AvgIpc) is 2.61. The number of rotatable bonds is 2.